The van der Waals surface area contributed by atoms with E-state index in [0.717, 1.165) is 0 Å². The first-order valence-corrected chi connectivity index (χ1v) is 12.5. The molecule has 1 unspecified atom stereocenters. The number of rotatable bonds is 8. The van der Waals surface area contributed by atoms with Gasteiger partial charge < -0.3 is 9.64 Å². The third-order valence-electron chi connectivity index (χ3n) is 5.45. The van der Waals surface area contributed by atoms with Gasteiger partial charge in [0.15, 0.2) is 6.10 Å². The molecule has 3 rings (SSSR count). The highest BCUT2D eigenvalue weighted by atomic mass is 32.2. The molecule has 1 aromatic heterocycles. The van der Waals surface area contributed by atoms with E-state index in [1.54, 1.807) is 43.0 Å². The molecule has 1 amide bonds. The van der Waals surface area contributed by atoms with E-state index in [1.807, 2.05) is 0 Å². The molecule has 182 valence electrons. The molecule has 0 spiro atoms. The van der Waals surface area contributed by atoms with Crippen LogP contribution in [0, 0.1) is 5.92 Å². The summed E-state index contributed by atoms with van der Waals surface area (Å²) >= 11 is 0. The molecule has 2 heterocycles. The van der Waals surface area contributed by atoms with Gasteiger partial charge in [-0.3, -0.25) is 9.52 Å². The van der Waals surface area contributed by atoms with Crippen LogP contribution in [0.3, 0.4) is 0 Å². The number of para-hydroxylation sites is 2. The zero-order valence-electron chi connectivity index (χ0n) is 18.4. The fourth-order valence-electron chi connectivity index (χ4n) is 3.83. The molecule has 1 N–H and O–H groups in total. The first kappa shape index (κ1) is 25.0. The minimum atomic E-state index is -4.73. The van der Waals surface area contributed by atoms with Crippen LogP contribution in [0.15, 0.2) is 24.3 Å². The number of hydrogen-bond donors (Lipinski definition) is 1. The molecule has 1 aliphatic rings. The van der Waals surface area contributed by atoms with Crippen molar-refractivity contribution < 1.29 is 31.1 Å². The van der Waals surface area contributed by atoms with Crippen LogP contribution in [0.4, 0.5) is 19.0 Å². The van der Waals surface area contributed by atoms with Gasteiger partial charge in [0.25, 0.3) is 5.88 Å². The predicted octanol–water partition coefficient (Wildman–Crippen LogP) is 3.74. The van der Waals surface area contributed by atoms with Crippen molar-refractivity contribution in [1.29, 1.82) is 0 Å². The highest BCUT2D eigenvalue weighted by molar-refractivity contribution is 7.92. The second-order valence-electron chi connectivity index (χ2n) is 7.94. The number of fused-ring (bicyclic) bond motifs is 1. The van der Waals surface area contributed by atoms with Gasteiger partial charge in [-0.25, -0.2) is 18.4 Å². The van der Waals surface area contributed by atoms with Crippen molar-refractivity contribution in [3.63, 3.8) is 0 Å². The summed E-state index contributed by atoms with van der Waals surface area (Å²) in [6, 6.07) is 6.43. The van der Waals surface area contributed by atoms with Crippen LogP contribution in [0.5, 0.6) is 5.88 Å². The number of amides is 1. The number of benzene rings is 1. The first-order chi connectivity index (χ1) is 15.5. The van der Waals surface area contributed by atoms with Gasteiger partial charge in [-0.05, 0) is 31.4 Å². The van der Waals surface area contributed by atoms with Gasteiger partial charge in [0.2, 0.25) is 21.7 Å². The highest BCUT2D eigenvalue weighted by Gasteiger charge is 2.48. The quantitative estimate of drug-likeness (QED) is 0.608. The number of hydrogen-bond acceptors (Lipinski definition) is 6. The molecule has 0 aliphatic carbocycles. The topological polar surface area (TPSA) is 101 Å². The van der Waals surface area contributed by atoms with E-state index in [9.17, 15) is 26.4 Å². The number of ether oxygens (including phenoxy) is 1. The summed E-state index contributed by atoms with van der Waals surface area (Å²) in [6.07, 6.45) is -6.14. The summed E-state index contributed by atoms with van der Waals surface area (Å²) < 4.78 is 74.3. The fraction of sp³-hybridized carbons (Fsp3) is 0.571. The molecule has 8 nitrogen and oxygen atoms in total. The van der Waals surface area contributed by atoms with E-state index < -0.39 is 34.1 Å². The number of aromatic nitrogens is 2. The maximum Gasteiger partial charge on any atom is 0.425 e. The van der Waals surface area contributed by atoms with Gasteiger partial charge in [-0.1, -0.05) is 26.0 Å². The summed E-state index contributed by atoms with van der Waals surface area (Å²) in [5.74, 6) is -2.16. The smallest absolute Gasteiger partial charge is 0.425 e. The van der Waals surface area contributed by atoms with Crippen molar-refractivity contribution in [1.82, 2.24) is 14.9 Å². The lowest BCUT2D eigenvalue weighted by Gasteiger charge is -2.36. The number of carbonyl (C=O) groups is 1. The number of piperidine rings is 1. The van der Waals surface area contributed by atoms with Crippen LogP contribution in [0.25, 0.3) is 11.0 Å². The Balaban J connectivity index is 1.93. The number of carbonyl (C=O) groups excluding carboxylic acids is 1. The van der Waals surface area contributed by atoms with E-state index in [1.165, 1.54) is 0 Å². The fourth-order valence-corrected chi connectivity index (χ4v) is 4.89. The molecule has 12 heteroatoms. The Morgan fingerprint density at radius 1 is 1.18 bits per heavy atom. The van der Waals surface area contributed by atoms with Crippen molar-refractivity contribution in [3.05, 3.63) is 24.3 Å². The van der Waals surface area contributed by atoms with Gasteiger partial charge >= 0.3 is 6.18 Å². The number of nitrogens with one attached hydrogen (secondary N) is 1. The SMILES string of the molecule is CCCS(=O)(=O)Nc1nc2ccccc2nc1OC(C1CCN(C(=O)CC)CC1)C(F)(F)F. The monoisotopic (exact) mass is 488 g/mol. The van der Waals surface area contributed by atoms with Crippen molar-refractivity contribution >= 4 is 32.8 Å². The Kier molecular flexibility index (Phi) is 7.65. The Morgan fingerprint density at radius 2 is 1.79 bits per heavy atom. The van der Waals surface area contributed by atoms with Crippen LogP contribution in [-0.2, 0) is 14.8 Å². The standard InChI is InChI=1S/C21H27F3N4O4S/c1-3-13-33(30,31)27-19-20(26-16-8-6-5-7-15(16)25-19)32-18(21(22,23)24)14-9-11-28(12-10-14)17(29)4-2/h5-8,14,18H,3-4,9-13H2,1-2H3,(H,25,27). The van der Waals surface area contributed by atoms with Crippen molar-refractivity contribution in [2.75, 3.05) is 23.6 Å². The van der Waals surface area contributed by atoms with E-state index in [0.29, 0.717) is 11.9 Å². The number of sulfonamides is 1. The third-order valence-corrected chi connectivity index (χ3v) is 6.90. The van der Waals surface area contributed by atoms with E-state index in [-0.39, 0.29) is 55.3 Å². The molecular formula is C21H27F3N4O4S. The summed E-state index contributed by atoms with van der Waals surface area (Å²) in [4.78, 5) is 21.7. The molecule has 2 aromatic rings. The van der Waals surface area contributed by atoms with Gasteiger partial charge in [-0.2, -0.15) is 13.2 Å². The number of nitrogens with zero attached hydrogens (tertiary/aromatic N) is 3. The first-order valence-electron chi connectivity index (χ1n) is 10.8. The van der Waals surface area contributed by atoms with Crippen LogP contribution in [-0.4, -0.2) is 60.3 Å². The lowest BCUT2D eigenvalue weighted by molar-refractivity contribution is -0.214. The van der Waals surface area contributed by atoms with Crippen LogP contribution in [0.2, 0.25) is 0 Å². The van der Waals surface area contributed by atoms with Crippen LogP contribution < -0.4 is 9.46 Å². The molecule has 1 fully saturated rings. The number of likely N-dealkylation sites (tertiary alicyclic amines) is 1. The van der Waals surface area contributed by atoms with Gasteiger partial charge in [0.1, 0.15) is 0 Å². The van der Waals surface area contributed by atoms with E-state index in [4.69, 9.17) is 4.74 Å². The van der Waals surface area contributed by atoms with Gasteiger partial charge in [0.05, 0.1) is 16.8 Å². The summed E-state index contributed by atoms with van der Waals surface area (Å²) in [6.45, 7) is 3.77. The molecule has 0 bridgehead atoms. The van der Waals surface area contributed by atoms with Crippen molar-refractivity contribution in [3.8, 4) is 5.88 Å². The maximum absolute atomic E-state index is 14.0. The van der Waals surface area contributed by atoms with E-state index >= 15 is 0 Å². The average Bonchev–Trinajstić information content (AvgIpc) is 2.76. The Hall–Kier alpha value is -2.63. The largest absolute Gasteiger partial charge is 0.462 e. The number of anilines is 1. The molecule has 1 saturated heterocycles. The summed E-state index contributed by atoms with van der Waals surface area (Å²) in [7, 11) is -3.85. The normalized spacial score (nSPS) is 16.6. The Bertz CT molecular complexity index is 1090. The lowest BCUT2D eigenvalue weighted by Crippen LogP contribution is -2.47. The maximum atomic E-state index is 14.0. The minimum absolute atomic E-state index is 0.105. The van der Waals surface area contributed by atoms with Crippen molar-refractivity contribution in [2.24, 2.45) is 5.92 Å². The molecule has 1 atom stereocenters. The third kappa shape index (κ3) is 6.24. The summed E-state index contributed by atoms with van der Waals surface area (Å²) in [5, 5.41) is 0. The zero-order valence-corrected chi connectivity index (χ0v) is 19.2. The van der Waals surface area contributed by atoms with Crippen LogP contribution >= 0.6 is 0 Å². The lowest BCUT2D eigenvalue weighted by atomic mass is 9.90. The molecule has 1 aromatic carbocycles. The molecule has 1 aliphatic heterocycles. The second kappa shape index (κ2) is 10.1. The summed E-state index contributed by atoms with van der Waals surface area (Å²) in [5.41, 5.74) is 0.587. The number of alkyl halides is 3. The van der Waals surface area contributed by atoms with E-state index in [2.05, 4.69) is 14.7 Å². The zero-order chi connectivity index (χ0) is 24.2. The van der Waals surface area contributed by atoms with Crippen molar-refractivity contribution in [2.45, 2.75) is 51.8 Å². The van der Waals surface area contributed by atoms with Gasteiger partial charge in [0, 0.05) is 25.4 Å². The second-order valence-corrected chi connectivity index (χ2v) is 9.78. The molecule has 33 heavy (non-hydrogen) atoms. The highest BCUT2D eigenvalue weighted by Crippen LogP contribution is 2.37. The number of halogens is 3. The molecular weight excluding hydrogens is 461 g/mol. The molecule has 0 radical (unpaired) electrons. The predicted molar refractivity (Wildman–Crippen MR) is 117 cm³/mol. The Morgan fingerprint density at radius 3 is 2.33 bits per heavy atom. The van der Waals surface area contributed by atoms with Crippen LogP contribution in [0.1, 0.15) is 39.5 Å². The average molecular weight is 489 g/mol. The van der Waals surface area contributed by atoms with Gasteiger partial charge in [-0.15, -0.1) is 0 Å². The minimum Gasteiger partial charge on any atom is -0.462 e. The molecule has 0 saturated carbocycles. The Labute approximate surface area is 190 Å².